The fourth-order valence-electron chi connectivity index (χ4n) is 3.81. The first-order chi connectivity index (χ1) is 15.2. The molecule has 0 fully saturated rings. The van der Waals surface area contributed by atoms with Crippen molar-refractivity contribution >= 4 is 16.8 Å². The number of amides is 1. The van der Waals surface area contributed by atoms with E-state index in [1.807, 2.05) is 48.5 Å². The van der Waals surface area contributed by atoms with Crippen LogP contribution in [-0.4, -0.2) is 31.2 Å². The number of methoxy groups -OCH3 is 2. The van der Waals surface area contributed by atoms with Gasteiger partial charge >= 0.3 is 0 Å². The fraction of sp³-hybridized carbons (Fsp3) is 0.192. The first-order valence-electron chi connectivity index (χ1n) is 10.3. The van der Waals surface area contributed by atoms with E-state index >= 15 is 0 Å². The summed E-state index contributed by atoms with van der Waals surface area (Å²) < 4.78 is 12.7. The van der Waals surface area contributed by atoms with E-state index < -0.39 is 0 Å². The molecular weight excluding hydrogens is 388 g/mol. The largest absolute Gasteiger partial charge is 0.493 e. The van der Waals surface area contributed by atoms with Crippen molar-refractivity contribution in [3.63, 3.8) is 0 Å². The van der Waals surface area contributed by atoms with Gasteiger partial charge < -0.3 is 19.4 Å². The van der Waals surface area contributed by atoms with E-state index in [-0.39, 0.29) is 12.5 Å². The Morgan fingerprint density at radius 3 is 2.39 bits per heavy atom. The van der Waals surface area contributed by atoms with Crippen molar-refractivity contribution in [1.82, 2.24) is 9.88 Å². The lowest BCUT2D eigenvalue weighted by Crippen LogP contribution is -2.29. The van der Waals surface area contributed by atoms with Crippen LogP contribution in [0.15, 0.2) is 78.9 Å². The highest BCUT2D eigenvalue weighted by atomic mass is 16.5. The van der Waals surface area contributed by atoms with E-state index in [0.717, 1.165) is 27.7 Å². The highest BCUT2D eigenvalue weighted by molar-refractivity contribution is 5.89. The standard InChI is InChI=1S/C26H26N2O3/c1-30-24-13-12-19(16-25(24)31-2)14-15-27-26(29)18-28-22-11-7-6-10-21(22)17-23(28)20-8-4-3-5-9-20/h3-13,16-17H,14-15,18H2,1-2H3,(H,27,29). The average molecular weight is 415 g/mol. The van der Waals surface area contributed by atoms with Crippen LogP contribution in [0.5, 0.6) is 11.5 Å². The van der Waals surface area contributed by atoms with Crippen molar-refractivity contribution in [2.45, 2.75) is 13.0 Å². The Hall–Kier alpha value is -3.73. The Morgan fingerprint density at radius 2 is 1.61 bits per heavy atom. The van der Waals surface area contributed by atoms with Gasteiger partial charge in [-0.3, -0.25) is 4.79 Å². The summed E-state index contributed by atoms with van der Waals surface area (Å²) in [7, 11) is 3.24. The number of rotatable bonds is 8. The van der Waals surface area contributed by atoms with Crippen LogP contribution in [0.4, 0.5) is 0 Å². The third kappa shape index (κ3) is 4.56. The van der Waals surface area contributed by atoms with E-state index in [1.54, 1.807) is 14.2 Å². The molecule has 31 heavy (non-hydrogen) atoms. The molecule has 0 aliphatic carbocycles. The van der Waals surface area contributed by atoms with Crippen LogP contribution in [0, 0.1) is 0 Å². The molecule has 0 aliphatic heterocycles. The summed E-state index contributed by atoms with van der Waals surface area (Å²) in [6.45, 7) is 0.817. The second-order valence-electron chi connectivity index (χ2n) is 7.33. The van der Waals surface area contributed by atoms with Crippen LogP contribution >= 0.6 is 0 Å². The van der Waals surface area contributed by atoms with Crippen molar-refractivity contribution in [2.75, 3.05) is 20.8 Å². The lowest BCUT2D eigenvalue weighted by atomic mass is 10.1. The summed E-state index contributed by atoms with van der Waals surface area (Å²) >= 11 is 0. The van der Waals surface area contributed by atoms with Gasteiger partial charge in [-0.15, -0.1) is 0 Å². The second kappa shape index (κ2) is 9.39. The number of carbonyl (C=O) groups is 1. The lowest BCUT2D eigenvalue weighted by Gasteiger charge is -2.12. The molecule has 5 heteroatoms. The Balaban J connectivity index is 1.47. The molecule has 4 aromatic rings. The second-order valence-corrected chi connectivity index (χ2v) is 7.33. The van der Waals surface area contributed by atoms with Crippen LogP contribution in [0.3, 0.4) is 0 Å². The number of nitrogens with one attached hydrogen (secondary N) is 1. The Kier molecular flexibility index (Phi) is 6.22. The molecule has 5 nitrogen and oxygen atoms in total. The van der Waals surface area contributed by atoms with Gasteiger partial charge in [-0.05, 0) is 41.8 Å². The molecule has 1 heterocycles. The summed E-state index contributed by atoms with van der Waals surface area (Å²) in [5.41, 5.74) is 4.26. The van der Waals surface area contributed by atoms with Gasteiger partial charge in [0.05, 0.1) is 14.2 Å². The van der Waals surface area contributed by atoms with Gasteiger partial charge in [0.1, 0.15) is 6.54 Å². The van der Waals surface area contributed by atoms with Crippen molar-refractivity contribution in [1.29, 1.82) is 0 Å². The molecule has 158 valence electrons. The lowest BCUT2D eigenvalue weighted by molar-refractivity contribution is -0.121. The molecule has 1 amide bonds. The van der Waals surface area contributed by atoms with Gasteiger partial charge in [0, 0.05) is 23.1 Å². The van der Waals surface area contributed by atoms with Crippen molar-refractivity contribution in [3.8, 4) is 22.8 Å². The molecule has 0 aliphatic rings. The van der Waals surface area contributed by atoms with Gasteiger partial charge in [-0.1, -0.05) is 54.6 Å². The average Bonchev–Trinajstić information content (AvgIpc) is 3.18. The molecule has 0 bridgehead atoms. The first-order valence-corrected chi connectivity index (χ1v) is 10.3. The Bertz CT molecular complexity index is 1180. The van der Waals surface area contributed by atoms with Crippen LogP contribution in [0.2, 0.25) is 0 Å². The Morgan fingerprint density at radius 1 is 0.871 bits per heavy atom. The number of hydrogen-bond donors (Lipinski definition) is 1. The van der Waals surface area contributed by atoms with E-state index in [2.05, 4.69) is 40.2 Å². The van der Waals surface area contributed by atoms with Crippen molar-refractivity contribution in [3.05, 3.63) is 84.4 Å². The summed E-state index contributed by atoms with van der Waals surface area (Å²) in [5, 5.41) is 4.17. The summed E-state index contributed by atoms with van der Waals surface area (Å²) in [6, 6.07) is 26.3. The predicted octanol–water partition coefficient (Wildman–Crippen LogP) is 4.68. The number of fused-ring (bicyclic) bond motifs is 1. The molecule has 1 N–H and O–H groups in total. The van der Waals surface area contributed by atoms with Crippen LogP contribution in [-0.2, 0) is 17.8 Å². The number of ether oxygens (including phenoxy) is 2. The fourth-order valence-corrected chi connectivity index (χ4v) is 3.81. The van der Waals surface area contributed by atoms with Gasteiger partial charge in [-0.25, -0.2) is 0 Å². The molecule has 0 radical (unpaired) electrons. The molecule has 0 unspecified atom stereocenters. The smallest absolute Gasteiger partial charge is 0.239 e. The van der Waals surface area contributed by atoms with Gasteiger partial charge in [0.2, 0.25) is 5.91 Å². The maximum Gasteiger partial charge on any atom is 0.239 e. The zero-order valence-electron chi connectivity index (χ0n) is 17.8. The zero-order chi connectivity index (χ0) is 21.6. The topological polar surface area (TPSA) is 52.5 Å². The van der Waals surface area contributed by atoms with Crippen LogP contribution in [0.1, 0.15) is 5.56 Å². The molecule has 0 saturated carbocycles. The third-order valence-electron chi connectivity index (χ3n) is 5.37. The minimum atomic E-state index is -0.0148. The molecule has 1 aromatic heterocycles. The molecule has 4 rings (SSSR count). The van der Waals surface area contributed by atoms with E-state index in [4.69, 9.17) is 9.47 Å². The van der Waals surface area contributed by atoms with Crippen molar-refractivity contribution in [2.24, 2.45) is 0 Å². The number of benzene rings is 3. The number of hydrogen-bond acceptors (Lipinski definition) is 3. The first kappa shape index (κ1) is 20.5. The summed E-state index contributed by atoms with van der Waals surface area (Å²) in [5.74, 6) is 1.37. The van der Waals surface area contributed by atoms with Crippen LogP contribution in [0.25, 0.3) is 22.2 Å². The molecule has 0 spiro atoms. The van der Waals surface area contributed by atoms with Crippen LogP contribution < -0.4 is 14.8 Å². The molecule has 0 atom stereocenters. The zero-order valence-corrected chi connectivity index (χ0v) is 17.8. The molecular formula is C26H26N2O3. The number of carbonyl (C=O) groups excluding carboxylic acids is 1. The Labute approximate surface area is 182 Å². The summed E-state index contributed by atoms with van der Waals surface area (Å²) in [6.07, 6.45) is 0.712. The highest BCUT2D eigenvalue weighted by Gasteiger charge is 2.13. The van der Waals surface area contributed by atoms with E-state index in [1.165, 1.54) is 0 Å². The van der Waals surface area contributed by atoms with Crippen molar-refractivity contribution < 1.29 is 14.3 Å². The van der Waals surface area contributed by atoms with E-state index in [0.29, 0.717) is 24.5 Å². The number of aromatic nitrogens is 1. The summed E-state index contributed by atoms with van der Waals surface area (Å²) in [4.78, 5) is 12.8. The van der Waals surface area contributed by atoms with Gasteiger partial charge in [-0.2, -0.15) is 0 Å². The predicted molar refractivity (Wildman–Crippen MR) is 124 cm³/mol. The third-order valence-corrected chi connectivity index (χ3v) is 5.37. The maximum absolute atomic E-state index is 12.8. The molecule has 0 saturated heterocycles. The number of para-hydroxylation sites is 1. The van der Waals surface area contributed by atoms with Gasteiger partial charge in [0.15, 0.2) is 11.5 Å². The quantitative estimate of drug-likeness (QED) is 0.455. The highest BCUT2D eigenvalue weighted by Crippen LogP contribution is 2.29. The molecule has 3 aromatic carbocycles. The SMILES string of the molecule is COc1ccc(CCNC(=O)Cn2c(-c3ccccc3)cc3ccccc32)cc1OC. The van der Waals surface area contributed by atoms with Gasteiger partial charge in [0.25, 0.3) is 0 Å². The number of nitrogens with zero attached hydrogens (tertiary/aromatic N) is 1. The normalized spacial score (nSPS) is 10.8. The maximum atomic E-state index is 12.8. The minimum Gasteiger partial charge on any atom is -0.493 e. The monoisotopic (exact) mass is 414 g/mol. The van der Waals surface area contributed by atoms with E-state index in [9.17, 15) is 4.79 Å². The minimum absolute atomic E-state index is 0.0148.